The molecule has 0 N–H and O–H groups in total. The highest BCUT2D eigenvalue weighted by Crippen LogP contribution is 2.26. The maximum atomic E-state index is 2.39. The van der Waals surface area contributed by atoms with Gasteiger partial charge in [0.15, 0.2) is 6.56 Å². The molecule has 51 valence electrons. The molecule has 0 aromatic carbocycles. The third-order valence-corrected chi connectivity index (χ3v) is 3.24. The van der Waals surface area contributed by atoms with E-state index in [1.807, 2.05) is 11.6 Å². The van der Waals surface area contributed by atoms with E-state index < -0.39 is 0 Å². The largest absolute Gasteiger partial charge is 0.217 e. The van der Waals surface area contributed by atoms with E-state index in [1.54, 1.807) is 0 Å². The molecule has 2 atom stereocenters. The van der Waals surface area contributed by atoms with E-state index in [0.717, 1.165) is 11.7 Å². The fraction of sp³-hybridized carbons (Fsp3) is 1.00. The van der Waals surface area contributed by atoms with Crippen molar-refractivity contribution in [3.63, 3.8) is 0 Å². The van der Waals surface area contributed by atoms with Gasteiger partial charge < -0.3 is 0 Å². The summed E-state index contributed by atoms with van der Waals surface area (Å²) >= 11 is 2.01. The highest BCUT2D eigenvalue weighted by Gasteiger charge is 2.12. The van der Waals surface area contributed by atoms with Gasteiger partial charge in [-0.25, -0.2) is 11.6 Å². The number of rotatable bonds is 0. The molecule has 1 heterocycles. The van der Waals surface area contributed by atoms with Gasteiger partial charge in [-0.05, 0) is 11.7 Å². The van der Waals surface area contributed by atoms with E-state index in [2.05, 4.69) is 20.4 Å². The Labute approximate surface area is 62.9 Å². The molecule has 0 nitrogen and oxygen atoms in total. The summed E-state index contributed by atoms with van der Waals surface area (Å²) in [5.74, 6) is 3.13. The molecular weight excluding hydrogens is 127 g/mol. The van der Waals surface area contributed by atoms with Crippen LogP contribution in [-0.4, -0.2) is 12.3 Å². The maximum absolute atomic E-state index is 2.39. The topological polar surface area (TPSA) is 0 Å². The normalized spacial score (nSPS) is 37.1. The summed E-state index contributed by atoms with van der Waals surface area (Å²) in [7, 11) is 0. The van der Waals surface area contributed by atoms with E-state index in [1.165, 1.54) is 18.6 Å². The van der Waals surface area contributed by atoms with Gasteiger partial charge in [-0.3, -0.25) is 0 Å². The minimum absolute atomic E-state index is 0.847. The molecule has 0 aliphatic carbocycles. The Bertz CT molecular complexity index is 75.0. The van der Waals surface area contributed by atoms with Gasteiger partial charge >= 0.3 is 0 Å². The van der Waals surface area contributed by atoms with E-state index in [4.69, 9.17) is 0 Å². The van der Waals surface area contributed by atoms with Crippen molar-refractivity contribution < 1.29 is 0 Å². The molecule has 1 fully saturated rings. The Morgan fingerprint density at radius 1 is 1.33 bits per heavy atom. The Morgan fingerprint density at radius 2 is 2.11 bits per heavy atom. The van der Waals surface area contributed by atoms with Crippen molar-refractivity contribution in [1.82, 2.24) is 0 Å². The third-order valence-electron chi connectivity index (χ3n) is 1.82. The number of hydrogen-bond acceptors (Lipinski definition) is 1. The molecular formula is C7H14BS. The summed E-state index contributed by atoms with van der Waals surface area (Å²) in [6.45, 7) is 7.05. The van der Waals surface area contributed by atoms with Gasteiger partial charge in [0.1, 0.15) is 0 Å². The zero-order valence-electron chi connectivity index (χ0n) is 6.26. The van der Waals surface area contributed by atoms with Crippen molar-refractivity contribution in [2.24, 2.45) is 5.92 Å². The zero-order valence-corrected chi connectivity index (χ0v) is 7.08. The molecule has 1 aliphatic heterocycles. The van der Waals surface area contributed by atoms with Crippen LogP contribution in [0.1, 0.15) is 26.7 Å². The summed E-state index contributed by atoms with van der Waals surface area (Å²) in [6.07, 6.45) is 2.82. The summed E-state index contributed by atoms with van der Waals surface area (Å²) in [4.78, 5) is 0. The lowest BCUT2D eigenvalue weighted by molar-refractivity contribution is 0.562. The Kier molecular flexibility index (Phi) is 2.97. The summed E-state index contributed by atoms with van der Waals surface area (Å²) in [5, 5.41) is 0. The average molecular weight is 141 g/mol. The van der Waals surface area contributed by atoms with Gasteiger partial charge in [0.25, 0.3) is 0 Å². The van der Waals surface area contributed by atoms with Crippen LogP contribution in [0.2, 0.25) is 5.82 Å². The fourth-order valence-corrected chi connectivity index (χ4v) is 2.15. The first-order valence-electron chi connectivity index (χ1n) is 3.74. The first-order chi connectivity index (χ1) is 4.29. The summed E-state index contributed by atoms with van der Waals surface area (Å²) in [6, 6.07) is 0. The molecule has 0 aromatic heterocycles. The van der Waals surface area contributed by atoms with Crippen LogP contribution in [0.3, 0.4) is 0 Å². The summed E-state index contributed by atoms with van der Waals surface area (Å²) < 4.78 is 0. The minimum Gasteiger partial charge on any atom is -0.217 e. The van der Waals surface area contributed by atoms with Gasteiger partial charge in [0.2, 0.25) is 0 Å². The zero-order chi connectivity index (χ0) is 6.69. The highest BCUT2D eigenvalue weighted by molar-refractivity contribution is 8.22. The molecule has 2 heteroatoms. The molecule has 9 heavy (non-hydrogen) atoms. The molecule has 2 unspecified atom stereocenters. The van der Waals surface area contributed by atoms with Gasteiger partial charge in [0.05, 0.1) is 0 Å². The van der Waals surface area contributed by atoms with Gasteiger partial charge in [-0.15, -0.1) is 0 Å². The minimum atomic E-state index is 0.847. The molecule has 0 spiro atoms. The van der Waals surface area contributed by atoms with Crippen molar-refractivity contribution in [3.8, 4) is 0 Å². The average Bonchev–Trinajstić information content (AvgIpc) is 1.97. The van der Waals surface area contributed by atoms with Crippen LogP contribution >= 0.6 is 11.6 Å². The van der Waals surface area contributed by atoms with E-state index in [-0.39, 0.29) is 0 Å². The van der Waals surface area contributed by atoms with E-state index in [0.29, 0.717) is 0 Å². The quantitative estimate of drug-likeness (QED) is 0.467. The third kappa shape index (κ3) is 2.66. The molecule has 0 saturated carbocycles. The van der Waals surface area contributed by atoms with E-state index >= 15 is 0 Å². The Hall–Kier alpha value is 0.415. The van der Waals surface area contributed by atoms with Crippen LogP contribution in [0, 0.1) is 5.92 Å². The highest BCUT2D eigenvalue weighted by atomic mass is 32.2. The fourth-order valence-electron chi connectivity index (χ4n) is 1.08. The smallest absolute Gasteiger partial charge is 0.195 e. The van der Waals surface area contributed by atoms with Crippen molar-refractivity contribution in [3.05, 3.63) is 0 Å². The first-order valence-corrected chi connectivity index (χ1v) is 4.79. The van der Waals surface area contributed by atoms with Crippen molar-refractivity contribution in [1.29, 1.82) is 0 Å². The van der Waals surface area contributed by atoms with Crippen molar-refractivity contribution in [2.45, 2.75) is 32.5 Å². The second-order valence-electron chi connectivity index (χ2n) is 3.13. The number of hydrogen-bond donors (Lipinski definition) is 0. The van der Waals surface area contributed by atoms with Gasteiger partial charge in [-0.2, -0.15) is 0 Å². The lowest BCUT2D eigenvalue weighted by Gasteiger charge is -2.04. The first kappa shape index (κ1) is 7.52. The lowest BCUT2D eigenvalue weighted by Crippen LogP contribution is -1.93. The second-order valence-corrected chi connectivity index (χ2v) is 4.07. The molecule has 0 aromatic rings. The predicted molar refractivity (Wildman–Crippen MR) is 46.0 cm³/mol. The molecule has 1 aliphatic rings. The van der Waals surface area contributed by atoms with Crippen LogP contribution in [-0.2, 0) is 0 Å². The second kappa shape index (κ2) is 3.55. The van der Waals surface area contributed by atoms with Crippen LogP contribution in [0.4, 0.5) is 0 Å². The SMILES string of the molecule is CC1[B]SCC(C)CC1. The van der Waals surface area contributed by atoms with Crippen LogP contribution in [0.25, 0.3) is 0 Å². The van der Waals surface area contributed by atoms with E-state index in [9.17, 15) is 0 Å². The van der Waals surface area contributed by atoms with Crippen molar-refractivity contribution >= 4 is 18.2 Å². The molecule has 1 saturated heterocycles. The molecule has 0 bridgehead atoms. The van der Waals surface area contributed by atoms with Crippen molar-refractivity contribution in [2.75, 3.05) is 5.75 Å². The van der Waals surface area contributed by atoms with Gasteiger partial charge in [-0.1, -0.05) is 32.5 Å². The monoisotopic (exact) mass is 141 g/mol. The lowest BCUT2D eigenvalue weighted by atomic mass is 9.83. The standard InChI is InChI=1S/C7H14BS/c1-6-3-4-7(2)8-9-5-6/h6-7H,3-5H2,1-2H3. The summed E-state index contributed by atoms with van der Waals surface area (Å²) in [5.41, 5.74) is 0. The molecule has 1 radical (unpaired) electrons. The van der Waals surface area contributed by atoms with Crippen LogP contribution in [0.5, 0.6) is 0 Å². The molecule has 0 amide bonds. The van der Waals surface area contributed by atoms with Crippen LogP contribution in [0.15, 0.2) is 0 Å². The Morgan fingerprint density at radius 3 is 2.89 bits per heavy atom. The molecule has 1 rings (SSSR count). The van der Waals surface area contributed by atoms with Gasteiger partial charge in [0, 0.05) is 0 Å². The van der Waals surface area contributed by atoms with Crippen LogP contribution < -0.4 is 0 Å². The Balaban J connectivity index is 2.25. The maximum Gasteiger partial charge on any atom is 0.195 e. The predicted octanol–water partition coefficient (Wildman–Crippen LogP) is 2.58.